The van der Waals surface area contributed by atoms with E-state index in [1.165, 1.54) is 12.1 Å². The summed E-state index contributed by atoms with van der Waals surface area (Å²) in [6.45, 7) is 0. The molecule has 5 heteroatoms. The molecule has 0 fully saturated rings. The molecule has 0 saturated heterocycles. The first-order valence-corrected chi connectivity index (χ1v) is 7.11. The van der Waals surface area contributed by atoms with Crippen molar-refractivity contribution in [3.63, 3.8) is 0 Å². The van der Waals surface area contributed by atoms with Crippen molar-refractivity contribution in [1.29, 1.82) is 0 Å². The van der Waals surface area contributed by atoms with E-state index in [4.69, 9.17) is 46.4 Å². The third kappa shape index (κ3) is 3.56. The van der Waals surface area contributed by atoms with Crippen molar-refractivity contribution in [2.75, 3.05) is 0 Å². The molecule has 0 aliphatic rings. The third-order valence-electron chi connectivity index (χ3n) is 2.59. The number of halogens is 4. The zero-order valence-electron chi connectivity index (χ0n) is 10.0. The Morgan fingerprint density at radius 1 is 0.900 bits per heavy atom. The summed E-state index contributed by atoms with van der Waals surface area (Å²) in [6.07, 6.45) is 2.93. The molecule has 20 heavy (non-hydrogen) atoms. The quantitative estimate of drug-likeness (QED) is 0.478. The van der Waals surface area contributed by atoms with E-state index in [1.807, 2.05) is 0 Å². The molecule has 0 heterocycles. The van der Waals surface area contributed by atoms with Crippen LogP contribution in [0.25, 0.3) is 6.08 Å². The van der Waals surface area contributed by atoms with Gasteiger partial charge in [-0.2, -0.15) is 0 Å². The second kappa shape index (κ2) is 6.64. The van der Waals surface area contributed by atoms with Gasteiger partial charge in [-0.1, -0.05) is 52.5 Å². The molecule has 1 nitrogen and oxygen atoms in total. The van der Waals surface area contributed by atoms with Gasteiger partial charge in [-0.3, -0.25) is 4.79 Å². The number of benzene rings is 2. The van der Waals surface area contributed by atoms with Crippen LogP contribution in [-0.4, -0.2) is 5.78 Å². The molecule has 2 rings (SSSR count). The van der Waals surface area contributed by atoms with Crippen molar-refractivity contribution >= 4 is 58.3 Å². The molecule has 0 spiro atoms. The van der Waals surface area contributed by atoms with E-state index in [0.29, 0.717) is 31.2 Å². The number of hydrogen-bond acceptors (Lipinski definition) is 1. The predicted octanol–water partition coefficient (Wildman–Crippen LogP) is 6.20. The third-order valence-corrected chi connectivity index (χ3v) is 3.82. The van der Waals surface area contributed by atoms with E-state index >= 15 is 0 Å². The second-order valence-electron chi connectivity index (χ2n) is 3.96. The number of hydrogen-bond donors (Lipinski definition) is 0. The lowest BCUT2D eigenvalue weighted by molar-refractivity contribution is 0.104. The molecule has 0 amide bonds. The number of carbonyl (C=O) groups excluding carboxylic acids is 1. The van der Waals surface area contributed by atoms with Gasteiger partial charge in [0.15, 0.2) is 5.78 Å². The average molecular weight is 346 g/mol. The Bertz CT molecular complexity index is 672. The van der Waals surface area contributed by atoms with Gasteiger partial charge in [-0.05, 0) is 42.5 Å². The Labute approximate surface area is 136 Å². The first kappa shape index (κ1) is 15.4. The minimum atomic E-state index is -0.270. The molecule has 0 N–H and O–H groups in total. The van der Waals surface area contributed by atoms with Crippen LogP contribution in [-0.2, 0) is 0 Å². The van der Waals surface area contributed by atoms with Crippen molar-refractivity contribution in [3.8, 4) is 0 Å². The van der Waals surface area contributed by atoms with Crippen molar-refractivity contribution in [1.82, 2.24) is 0 Å². The van der Waals surface area contributed by atoms with E-state index in [0.717, 1.165) is 0 Å². The molecule has 0 saturated carbocycles. The Balaban J connectivity index is 2.32. The first-order chi connectivity index (χ1) is 9.49. The van der Waals surface area contributed by atoms with Gasteiger partial charge in [-0.25, -0.2) is 0 Å². The maximum atomic E-state index is 12.1. The van der Waals surface area contributed by atoms with E-state index < -0.39 is 0 Å². The molecule has 0 radical (unpaired) electrons. The van der Waals surface area contributed by atoms with Crippen LogP contribution < -0.4 is 0 Å². The summed E-state index contributed by atoms with van der Waals surface area (Å²) < 4.78 is 0. The minimum Gasteiger partial charge on any atom is -0.289 e. The van der Waals surface area contributed by atoms with Crippen LogP contribution in [0.3, 0.4) is 0 Å². The lowest BCUT2D eigenvalue weighted by atomic mass is 10.1. The lowest BCUT2D eigenvalue weighted by Crippen LogP contribution is -1.95. The average Bonchev–Trinajstić information content (AvgIpc) is 2.40. The highest BCUT2D eigenvalue weighted by Gasteiger charge is 2.09. The van der Waals surface area contributed by atoms with Gasteiger partial charge in [0.2, 0.25) is 0 Å². The predicted molar refractivity (Wildman–Crippen MR) is 86.3 cm³/mol. The molecule has 0 aliphatic heterocycles. The van der Waals surface area contributed by atoms with Gasteiger partial charge in [-0.15, -0.1) is 0 Å². The summed E-state index contributed by atoms with van der Waals surface area (Å²) in [7, 11) is 0. The maximum Gasteiger partial charge on any atom is 0.187 e. The highest BCUT2D eigenvalue weighted by atomic mass is 35.5. The summed E-state index contributed by atoms with van der Waals surface area (Å²) in [5.74, 6) is -0.270. The van der Waals surface area contributed by atoms with Gasteiger partial charge in [0.25, 0.3) is 0 Å². The maximum absolute atomic E-state index is 12.1. The van der Waals surface area contributed by atoms with E-state index in [-0.39, 0.29) is 5.78 Å². The normalized spacial score (nSPS) is 11.0. The van der Waals surface area contributed by atoms with Crippen LogP contribution in [0.1, 0.15) is 15.9 Å². The standard InChI is InChI=1S/C15H8Cl4O/c16-9-4-6-14(19)11(8-9)15(20)7-5-10-12(17)2-1-3-13(10)18/h1-8H/b7-5+. The van der Waals surface area contributed by atoms with Crippen molar-refractivity contribution in [2.45, 2.75) is 0 Å². The van der Waals surface area contributed by atoms with Crippen LogP contribution in [0.4, 0.5) is 0 Å². The largest absolute Gasteiger partial charge is 0.289 e. The van der Waals surface area contributed by atoms with E-state index in [1.54, 1.807) is 36.4 Å². The molecule has 0 aromatic heterocycles. The molecule has 0 atom stereocenters. The van der Waals surface area contributed by atoms with Crippen LogP contribution >= 0.6 is 46.4 Å². The highest BCUT2D eigenvalue weighted by molar-refractivity contribution is 6.38. The summed E-state index contributed by atoms with van der Waals surface area (Å²) >= 11 is 23.9. The van der Waals surface area contributed by atoms with Crippen LogP contribution in [0.15, 0.2) is 42.5 Å². The molecule has 2 aromatic carbocycles. The number of rotatable bonds is 3. The molecular weight excluding hydrogens is 338 g/mol. The molecule has 0 aliphatic carbocycles. The zero-order valence-corrected chi connectivity index (χ0v) is 13.1. The van der Waals surface area contributed by atoms with Crippen molar-refractivity contribution < 1.29 is 4.79 Å². The zero-order chi connectivity index (χ0) is 14.7. The molecule has 102 valence electrons. The van der Waals surface area contributed by atoms with Gasteiger partial charge in [0, 0.05) is 26.2 Å². The number of carbonyl (C=O) groups is 1. The fourth-order valence-corrected chi connectivity index (χ4v) is 2.51. The smallest absolute Gasteiger partial charge is 0.187 e. The Morgan fingerprint density at radius 3 is 2.20 bits per heavy atom. The van der Waals surface area contributed by atoms with Gasteiger partial charge < -0.3 is 0 Å². The van der Waals surface area contributed by atoms with Crippen LogP contribution in [0.2, 0.25) is 20.1 Å². The van der Waals surface area contributed by atoms with E-state index in [2.05, 4.69) is 0 Å². The Hall–Kier alpha value is -0.990. The van der Waals surface area contributed by atoms with Crippen molar-refractivity contribution in [3.05, 3.63) is 73.7 Å². The summed E-state index contributed by atoms with van der Waals surface area (Å²) in [4.78, 5) is 12.1. The van der Waals surface area contributed by atoms with Crippen LogP contribution in [0.5, 0.6) is 0 Å². The minimum absolute atomic E-state index is 0.270. The SMILES string of the molecule is O=C(/C=C/c1c(Cl)cccc1Cl)c1cc(Cl)ccc1Cl. The molecular formula is C15H8Cl4O. The van der Waals surface area contributed by atoms with Gasteiger partial charge in [0.05, 0.1) is 5.02 Å². The number of ketones is 1. The van der Waals surface area contributed by atoms with Gasteiger partial charge >= 0.3 is 0 Å². The van der Waals surface area contributed by atoms with Crippen LogP contribution in [0, 0.1) is 0 Å². The summed E-state index contributed by atoms with van der Waals surface area (Å²) in [5, 5.41) is 1.73. The Morgan fingerprint density at radius 2 is 1.55 bits per heavy atom. The molecule has 0 bridgehead atoms. The number of allylic oxidation sites excluding steroid dienone is 1. The Kier molecular flexibility index (Phi) is 5.11. The fraction of sp³-hybridized carbons (Fsp3) is 0. The fourth-order valence-electron chi connectivity index (χ4n) is 1.61. The first-order valence-electron chi connectivity index (χ1n) is 5.60. The van der Waals surface area contributed by atoms with Crippen molar-refractivity contribution in [2.24, 2.45) is 0 Å². The second-order valence-corrected chi connectivity index (χ2v) is 5.62. The van der Waals surface area contributed by atoms with Gasteiger partial charge in [0.1, 0.15) is 0 Å². The molecule has 2 aromatic rings. The monoisotopic (exact) mass is 344 g/mol. The van der Waals surface area contributed by atoms with E-state index in [9.17, 15) is 4.79 Å². The summed E-state index contributed by atoms with van der Waals surface area (Å²) in [6, 6.07) is 9.85. The topological polar surface area (TPSA) is 17.1 Å². The lowest BCUT2D eigenvalue weighted by Gasteiger charge is -2.02. The highest BCUT2D eigenvalue weighted by Crippen LogP contribution is 2.26. The molecule has 0 unspecified atom stereocenters. The summed E-state index contributed by atoms with van der Waals surface area (Å²) in [5.41, 5.74) is 0.918.